The van der Waals surface area contributed by atoms with E-state index >= 15 is 0 Å². The first-order chi connectivity index (χ1) is 7.20. The molecule has 2 nitrogen and oxygen atoms in total. The Bertz CT molecular complexity index is 287. The van der Waals surface area contributed by atoms with Crippen molar-refractivity contribution in [1.29, 1.82) is 0 Å². The van der Waals surface area contributed by atoms with Gasteiger partial charge in [0, 0.05) is 18.0 Å². The van der Waals surface area contributed by atoms with Gasteiger partial charge in [0.2, 0.25) is 0 Å². The van der Waals surface area contributed by atoms with Crippen molar-refractivity contribution in [3.8, 4) is 0 Å². The summed E-state index contributed by atoms with van der Waals surface area (Å²) in [5.41, 5.74) is 8.06. The predicted octanol–water partition coefficient (Wildman–Crippen LogP) is 2.11. The number of rotatable bonds is 6. The van der Waals surface area contributed by atoms with Crippen LogP contribution in [-0.4, -0.2) is 37.0 Å². The lowest BCUT2D eigenvalue weighted by atomic mass is 10.1. The van der Waals surface area contributed by atoms with Gasteiger partial charge in [-0.3, -0.25) is 0 Å². The van der Waals surface area contributed by atoms with Gasteiger partial charge >= 0.3 is 0 Å². The Balaban J connectivity index is 2.18. The Morgan fingerprint density at radius 2 is 1.93 bits per heavy atom. The van der Waals surface area contributed by atoms with E-state index in [9.17, 15) is 0 Å². The fourth-order valence-corrected chi connectivity index (χ4v) is 2.36. The molecule has 0 aromatic heterocycles. The first kappa shape index (κ1) is 12.4. The van der Waals surface area contributed by atoms with Gasteiger partial charge in [-0.05, 0) is 37.9 Å². The molecule has 0 bridgehead atoms. The summed E-state index contributed by atoms with van der Waals surface area (Å²) in [6.45, 7) is 1.15. The van der Waals surface area contributed by atoms with Gasteiger partial charge in [-0.15, -0.1) is 0 Å². The second-order valence-electron chi connectivity index (χ2n) is 3.86. The zero-order chi connectivity index (χ0) is 11.1. The van der Waals surface area contributed by atoms with E-state index in [4.69, 9.17) is 5.73 Å². The number of para-hydroxylation sites is 1. The normalized spacial score (nSPS) is 10.9. The molecule has 0 radical (unpaired) electrons. The van der Waals surface area contributed by atoms with Crippen LogP contribution < -0.4 is 5.73 Å². The molecule has 15 heavy (non-hydrogen) atoms. The molecular weight excluding hydrogens is 204 g/mol. The van der Waals surface area contributed by atoms with Crippen molar-refractivity contribution in [2.45, 2.75) is 6.42 Å². The standard InChI is InChI=1S/C12H20N2S/c1-14(2)8-10-15-9-7-11-5-3-4-6-12(11)13/h3-6H,7-10,13H2,1-2H3. The number of benzene rings is 1. The minimum absolute atomic E-state index is 0.922. The van der Waals surface area contributed by atoms with Gasteiger partial charge in [0.15, 0.2) is 0 Å². The highest BCUT2D eigenvalue weighted by molar-refractivity contribution is 7.99. The number of thioether (sulfide) groups is 1. The smallest absolute Gasteiger partial charge is 0.0346 e. The third-order valence-corrected chi connectivity index (χ3v) is 3.22. The molecule has 84 valence electrons. The highest BCUT2D eigenvalue weighted by Crippen LogP contribution is 2.13. The van der Waals surface area contributed by atoms with E-state index in [0.29, 0.717) is 0 Å². The van der Waals surface area contributed by atoms with Crippen molar-refractivity contribution in [3.05, 3.63) is 29.8 Å². The van der Waals surface area contributed by atoms with Crippen LogP contribution in [-0.2, 0) is 6.42 Å². The summed E-state index contributed by atoms with van der Waals surface area (Å²) in [4.78, 5) is 2.21. The molecule has 0 saturated heterocycles. The van der Waals surface area contributed by atoms with Crippen LogP contribution in [0.2, 0.25) is 0 Å². The zero-order valence-corrected chi connectivity index (χ0v) is 10.4. The highest BCUT2D eigenvalue weighted by Gasteiger charge is 1.97. The number of nitrogens with two attached hydrogens (primary N) is 1. The Morgan fingerprint density at radius 3 is 2.60 bits per heavy atom. The van der Waals surface area contributed by atoms with Gasteiger partial charge in [0.1, 0.15) is 0 Å². The van der Waals surface area contributed by atoms with Crippen LogP contribution in [0, 0.1) is 0 Å². The third kappa shape index (κ3) is 5.09. The van der Waals surface area contributed by atoms with Gasteiger partial charge in [0.25, 0.3) is 0 Å². The van der Waals surface area contributed by atoms with Crippen LogP contribution in [0.4, 0.5) is 5.69 Å². The molecule has 1 aromatic carbocycles. The molecular formula is C12H20N2S. The Labute approximate surface area is 96.8 Å². The lowest BCUT2D eigenvalue weighted by Crippen LogP contribution is -2.15. The van der Waals surface area contributed by atoms with Crippen molar-refractivity contribution < 1.29 is 0 Å². The summed E-state index contributed by atoms with van der Waals surface area (Å²) in [6, 6.07) is 8.12. The van der Waals surface area contributed by atoms with Crippen LogP contribution >= 0.6 is 11.8 Å². The van der Waals surface area contributed by atoms with E-state index in [0.717, 1.165) is 24.4 Å². The van der Waals surface area contributed by atoms with Gasteiger partial charge in [-0.1, -0.05) is 18.2 Å². The molecule has 0 spiro atoms. The van der Waals surface area contributed by atoms with Crippen molar-refractivity contribution in [1.82, 2.24) is 4.90 Å². The SMILES string of the molecule is CN(C)CCSCCc1ccccc1N. The van der Waals surface area contributed by atoms with Crippen LogP contribution in [0.25, 0.3) is 0 Å². The molecule has 2 N–H and O–H groups in total. The van der Waals surface area contributed by atoms with E-state index in [1.54, 1.807) is 0 Å². The average Bonchev–Trinajstić information content (AvgIpc) is 2.20. The van der Waals surface area contributed by atoms with Gasteiger partial charge in [-0.2, -0.15) is 11.8 Å². The lowest BCUT2D eigenvalue weighted by molar-refractivity contribution is 0.437. The first-order valence-electron chi connectivity index (χ1n) is 5.26. The molecule has 1 rings (SSSR count). The molecule has 0 heterocycles. The average molecular weight is 224 g/mol. The number of hydrogen-bond donors (Lipinski definition) is 1. The second-order valence-corrected chi connectivity index (χ2v) is 5.09. The number of nitrogen functional groups attached to an aromatic ring is 1. The molecule has 3 heteroatoms. The summed E-state index contributed by atoms with van der Waals surface area (Å²) in [6.07, 6.45) is 1.07. The predicted molar refractivity (Wildman–Crippen MR) is 70.4 cm³/mol. The van der Waals surface area contributed by atoms with Gasteiger partial charge < -0.3 is 10.6 Å². The molecule has 0 amide bonds. The number of nitrogens with zero attached hydrogens (tertiary/aromatic N) is 1. The molecule has 0 aliphatic rings. The third-order valence-electron chi connectivity index (χ3n) is 2.25. The Hall–Kier alpha value is -0.670. The molecule has 0 fully saturated rings. The second kappa shape index (κ2) is 6.75. The largest absolute Gasteiger partial charge is 0.399 e. The lowest BCUT2D eigenvalue weighted by Gasteiger charge is -2.09. The Kier molecular flexibility index (Phi) is 5.58. The van der Waals surface area contributed by atoms with Crippen LogP contribution in [0.5, 0.6) is 0 Å². The summed E-state index contributed by atoms with van der Waals surface area (Å²) >= 11 is 1.99. The van der Waals surface area contributed by atoms with Crippen molar-refractivity contribution >= 4 is 17.4 Å². The molecule has 0 unspecified atom stereocenters. The van der Waals surface area contributed by atoms with Crippen LogP contribution in [0.1, 0.15) is 5.56 Å². The molecule has 0 saturated carbocycles. The Morgan fingerprint density at radius 1 is 1.20 bits per heavy atom. The number of aryl methyl sites for hydroxylation is 1. The van der Waals surface area contributed by atoms with E-state index in [1.165, 1.54) is 11.3 Å². The van der Waals surface area contributed by atoms with Crippen LogP contribution in [0.15, 0.2) is 24.3 Å². The fraction of sp³-hybridized carbons (Fsp3) is 0.500. The fourth-order valence-electron chi connectivity index (χ4n) is 1.29. The molecule has 1 aromatic rings. The summed E-state index contributed by atoms with van der Waals surface area (Å²) in [5.74, 6) is 2.35. The topological polar surface area (TPSA) is 29.3 Å². The van der Waals surface area contributed by atoms with Crippen molar-refractivity contribution in [2.24, 2.45) is 0 Å². The molecule has 0 aliphatic heterocycles. The van der Waals surface area contributed by atoms with Crippen molar-refractivity contribution in [3.63, 3.8) is 0 Å². The highest BCUT2D eigenvalue weighted by atomic mass is 32.2. The number of anilines is 1. The van der Waals surface area contributed by atoms with Crippen LogP contribution in [0.3, 0.4) is 0 Å². The quantitative estimate of drug-likeness (QED) is 0.593. The minimum atomic E-state index is 0.922. The maximum Gasteiger partial charge on any atom is 0.0346 e. The molecule has 0 aliphatic carbocycles. The van der Waals surface area contributed by atoms with E-state index in [2.05, 4.69) is 31.1 Å². The molecule has 0 atom stereocenters. The summed E-state index contributed by atoms with van der Waals surface area (Å²) in [5, 5.41) is 0. The van der Waals surface area contributed by atoms with E-state index < -0.39 is 0 Å². The first-order valence-corrected chi connectivity index (χ1v) is 6.41. The van der Waals surface area contributed by atoms with E-state index in [1.807, 2.05) is 23.9 Å². The van der Waals surface area contributed by atoms with Gasteiger partial charge in [0.05, 0.1) is 0 Å². The number of hydrogen-bond acceptors (Lipinski definition) is 3. The summed E-state index contributed by atoms with van der Waals surface area (Å²) < 4.78 is 0. The maximum atomic E-state index is 5.87. The summed E-state index contributed by atoms with van der Waals surface area (Å²) in [7, 11) is 4.21. The monoisotopic (exact) mass is 224 g/mol. The minimum Gasteiger partial charge on any atom is -0.399 e. The van der Waals surface area contributed by atoms with Crippen molar-refractivity contribution in [2.75, 3.05) is 37.9 Å². The zero-order valence-electron chi connectivity index (χ0n) is 9.57. The van der Waals surface area contributed by atoms with Gasteiger partial charge in [-0.25, -0.2) is 0 Å². The van der Waals surface area contributed by atoms with E-state index in [-0.39, 0.29) is 0 Å². The maximum absolute atomic E-state index is 5.87.